The summed E-state index contributed by atoms with van der Waals surface area (Å²) in [7, 11) is 0. The van der Waals surface area contributed by atoms with Gasteiger partial charge in [-0.3, -0.25) is 4.98 Å². The molecule has 0 saturated heterocycles. The van der Waals surface area contributed by atoms with E-state index in [2.05, 4.69) is 20.2 Å². The van der Waals surface area contributed by atoms with Crippen molar-refractivity contribution < 1.29 is 4.52 Å². The second-order valence-corrected chi connectivity index (χ2v) is 3.49. The zero-order valence-corrected chi connectivity index (χ0v) is 8.15. The maximum Gasteiger partial charge on any atom is 0.183 e. The lowest BCUT2D eigenvalue weighted by Gasteiger charge is -1.89. The molecule has 4 heterocycles. The van der Waals surface area contributed by atoms with Crippen molar-refractivity contribution in [2.75, 3.05) is 0 Å². The SMILES string of the molecule is c1cnc2c(c1)[n-]n1nc3cnccc3[n+]21. The summed E-state index contributed by atoms with van der Waals surface area (Å²) in [6.45, 7) is 0. The average molecular weight is 210 g/mol. The number of nitrogens with zero attached hydrogens (tertiary/aromatic N) is 6. The Bertz CT molecular complexity index is 746. The van der Waals surface area contributed by atoms with E-state index in [0.29, 0.717) is 0 Å². The van der Waals surface area contributed by atoms with E-state index in [1.54, 1.807) is 23.3 Å². The fraction of sp³-hybridized carbons (Fsp3) is 0. The molecule has 4 aromatic heterocycles. The quantitative estimate of drug-likeness (QED) is 0.382. The third kappa shape index (κ3) is 0.813. The standard InChI is InChI=1S/C10H6N6/c1-2-7-10(12-4-1)15-9-3-5-11-6-8(9)14-16(15)13-7/h1-6H. The highest BCUT2D eigenvalue weighted by atomic mass is 15.6. The van der Waals surface area contributed by atoms with Crippen LogP contribution in [0.5, 0.6) is 0 Å². The van der Waals surface area contributed by atoms with Crippen molar-refractivity contribution in [2.24, 2.45) is 0 Å². The summed E-state index contributed by atoms with van der Waals surface area (Å²) in [5, 5.41) is 8.65. The van der Waals surface area contributed by atoms with Gasteiger partial charge in [-0.2, -0.15) is 4.52 Å². The molecule has 16 heavy (non-hydrogen) atoms. The summed E-state index contributed by atoms with van der Waals surface area (Å²) in [6, 6.07) is 5.67. The molecule has 0 bridgehead atoms. The van der Waals surface area contributed by atoms with Crippen LogP contribution in [0.15, 0.2) is 36.8 Å². The summed E-state index contributed by atoms with van der Waals surface area (Å²) in [4.78, 5) is 8.34. The van der Waals surface area contributed by atoms with Crippen molar-refractivity contribution in [3.63, 3.8) is 0 Å². The summed E-state index contributed by atoms with van der Waals surface area (Å²) in [5.41, 5.74) is 3.39. The molecule has 0 saturated carbocycles. The van der Waals surface area contributed by atoms with Crippen LogP contribution in [0.2, 0.25) is 0 Å². The van der Waals surface area contributed by atoms with Gasteiger partial charge in [-0.1, -0.05) is 4.74 Å². The summed E-state index contributed by atoms with van der Waals surface area (Å²) in [5.74, 6) is 0. The first-order valence-electron chi connectivity index (χ1n) is 4.86. The average Bonchev–Trinajstić information content (AvgIpc) is 2.83. The molecule has 0 aliphatic heterocycles. The van der Waals surface area contributed by atoms with Crippen LogP contribution in [0.1, 0.15) is 0 Å². The first kappa shape index (κ1) is 7.75. The Morgan fingerprint density at radius 2 is 2.25 bits per heavy atom. The van der Waals surface area contributed by atoms with Gasteiger partial charge >= 0.3 is 0 Å². The zero-order chi connectivity index (χ0) is 10.5. The minimum Gasteiger partial charge on any atom is -0.262 e. The Morgan fingerprint density at radius 1 is 1.25 bits per heavy atom. The minimum absolute atomic E-state index is 0.802. The number of rotatable bonds is 0. The third-order valence-electron chi connectivity index (χ3n) is 2.55. The summed E-state index contributed by atoms with van der Waals surface area (Å²) in [6.07, 6.45) is 5.20. The molecule has 76 valence electrons. The molecular weight excluding hydrogens is 204 g/mol. The van der Waals surface area contributed by atoms with Crippen LogP contribution >= 0.6 is 0 Å². The monoisotopic (exact) mass is 210 g/mol. The fourth-order valence-corrected chi connectivity index (χ4v) is 1.86. The van der Waals surface area contributed by atoms with E-state index in [1.165, 1.54) is 0 Å². The van der Waals surface area contributed by atoms with Crippen LogP contribution in [0.3, 0.4) is 0 Å². The first-order valence-corrected chi connectivity index (χ1v) is 4.86. The molecule has 0 aliphatic rings. The number of pyridine rings is 2. The predicted octanol–water partition coefficient (Wildman–Crippen LogP) is -0.0266. The van der Waals surface area contributed by atoms with Gasteiger partial charge in [0.1, 0.15) is 11.0 Å². The van der Waals surface area contributed by atoms with Crippen molar-refractivity contribution in [3.8, 4) is 0 Å². The molecule has 0 amide bonds. The Labute approximate surface area is 89.1 Å². The van der Waals surface area contributed by atoms with E-state index in [1.807, 2.05) is 22.7 Å². The third-order valence-corrected chi connectivity index (χ3v) is 2.55. The largest absolute Gasteiger partial charge is 0.262 e. The van der Waals surface area contributed by atoms with Gasteiger partial charge < -0.3 is 0 Å². The molecular formula is C10H6N6. The second kappa shape index (κ2) is 2.54. The highest BCUT2D eigenvalue weighted by Crippen LogP contribution is 2.07. The van der Waals surface area contributed by atoms with Crippen LogP contribution in [-0.2, 0) is 0 Å². The van der Waals surface area contributed by atoms with Crippen molar-refractivity contribution in [2.45, 2.75) is 0 Å². The van der Waals surface area contributed by atoms with Crippen LogP contribution in [0, 0.1) is 0 Å². The molecule has 0 radical (unpaired) electrons. The number of fused-ring (bicyclic) bond motifs is 5. The van der Waals surface area contributed by atoms with Crippen LogP contribution < -0.4 is 9.61 Å². The molecule has 0 unspecified atom stereocenters. The van der Waals surface area contributed by atoms with Gasteiger partial charge in [0, 0.05) is 12.4 Å². The van der Waals surface area contributed by atoms with Gasteiger partial charge in [-0.15, -0.1) is 10.2 Å². The molecule has 0 aliphatic carbocycles. The van der Waals surface area contributed by atoms with E-state index in [-0.39, 0.29) is 0 Å². The lowest BCUT2D eigenvalue weighted by atomic mass is 10.4. The van der Waals surface area contributed by atoms with E-state index >= 15 is 0 Å². The zero-order valence-electron chi connectivity index (χ0n) is 8.15. The Morgan fingerprint density at radius 3 is 3.25 bits per heavy atom. The smallest absolute Gasteiger partial charge is 0.183 e. The van der Waals surface area contributed by atoms with E-state index < -0.39 is 0 Å². The fourth-order valence-electron chi connectivity index (χ4n) is 1.86. The van der Waals surface area contributed by atoms with E-state index in [9.17, 15) is 0 Å². The van der Waals surface area contributed by atoms with Crippen LogP contribution in [-0.4, -0.2) is 19.8 Å². The Kier molecular flexibility index (Phi) is 1.23. The van der Waals surface area contributed by atoms with Crippen molar-refractivity contribution in [1.29, 1.82) is 0 Å². The maximum absolute atomic E-state index is 4.33. The van der Waals surface area contributed by atoms with Crippen molar-refractivity contribution in [1.82, 2.24) is 24.9 Å². The molecule has 4 rings (SSSR count). The molecule has 0 spiro atoms. The highest BCUT2D eigenvalue weighted by Gasteiger charge is 2.10. The first-order chi connectivity index (χ1) is 7.93. The molecule has 0 aromatic carbocycles. The lowest BCUT2D eigenvalue weighted by Crippen LogP contribution is -2.27. The minimum atomic E-state index is 0.802. The van der Waals surface area contributed by atoms with Gasteiger partial charge in [-0.05, 0) is 18.2 Å². The highest BCUT2D eigenvalue weighted by molar-refractivity contribution is 5.72. The molecule has 0 atom stereocenters. The lowest BCUT2D eigenvalue weighted by molar-refractivity contribution is -0.575. The predicted molar refractivity (Wildman–Crippen MR) is 54.8 cm³/mol. The van der Waals surface area contributed by atoms with Gasteiger partial charge in [0.15, 0.2) is 5.65 Å². The number of hydrogen-bond acceptors (Lipinski definition) is 3. The molecule has 6 nitrogen and oxygen atoms in total. The van der Waals surface area contributed by atoms with Gasteiger partial charge in [0.05, 0.1) is 11.7 Å². The number of hydrogen-bond donors (Lipinski definition) is 0. The molecule has 6 heteroatoms. The summed E-state index contributed by atoms with van der Waals surface area (Å²) < 4.78 is 3.41. The van der Waals surface area contributed by atoms with E-state index in [4.69, 9.17) is 0 Å². The molecule has 0 N–H and O–H groups in total. The van der Waals surface area contributed by atoms with Crippen molar-refractivity contribution in [3.05, 3.63) is 36.8 Å². The summed E-state index contributed by atoms with van der Waals surface area (Å²) >= 11 is 0. The number of aromatic nitrogens is 6. The Hall–Kier alpha value is -2.50. The second-order valence-electron chi connectivity index (χ2n) is 3.49. The van der Waals surface area contributed by atoms with E-state index in [0.717, 1.165) is 22.2 Å². The maximum atomic E-state index is 4.33. The van der Waals surface area contributed by atoms with Gasteiger partial charge in [0.2, 0.25) is 0 Å². The van der Waals surface area contributed by atoms with Gasteiger partial charge in [-0.25, -0.2) is 4.98 Å². The molecule has 4 aromatic rings. The Balaban J connectivity index is 2.38. The van der Waals surface area contributed by atoms with Crippen LogP contribution in [0.25, 0.3) is 22.2 Å². The topological polar surface area (TPSA) is 61.3 Å². The normalized spacial score (nSPS) is 11.8. The molecule has 0 fully saturated rings. The van der Waals surface area contributed by atoms with Crippen molar-refractivity contribution >= 4 is 22.2 Å². The van der Waals surface area contributed by atoms with Crippen LogP contribution in [0.4, 0.5) is 0 Å². The van der Waals surface area contributed by atoms with Gasteiger partial charge in [0.25, 0.3) is 0 Å².